The first-order chi connectivity index (χ1) is 8.40. The zero-order chi connectivity index (χ0) is 11.5. The second kappa shape index (κ2) is 4.71. The Bertz CT molecular complexity index is 459. The van der Waals surface area contributed by atoms with E-state index in [1.165, 1.54) is 12.8 Å². The lowest BCUT2D eigenvalue weighted by molar-refractivity contribution is 0.475. The molecule has 0 saturated heterocycles. The van der Waals surface area contributed by atoms with Crippen molar-refractivity contribution >= 4 is 0 Å². The number of aromatic nitrogens is 3. The van der Waals surface area contributed by atoms with E-state index in [4.69, 9.17) is 4.42 Å². The van der Waals surface area contributed by atoms with Gasteiger partial charge in [0.1, 0.15) is 12.3 Å². The third-order valence-electron chi connectivity index (χ3n) is 2.92. The fourth-order valence-corrected chi connectivity index (χ4v) is 1.79. The molecular weight excluding hydrogens is 216 g/mol. The zero-order valence-electron chi connectivity index (χ0n) is 9.67. The Morgan fingerprint density at radius 1 is 1.47 bits per heavy atom. The Balaban J connectivity index is 1.50. The highest BCUT2D eigenvalue weighted by molar-refractivity contribution is 5.00. The van der Waals surface area contributed by atoms with Gasteiger partial charge < -0.3 is 9.73 Å². The lowest BCUT2D eigenvalue weighted by Crippen LogP contribution is -2.16. The number of nitrogens with zero attached hydrogens (tertiary/aromatic N) is 3. The maximum atomic E-state index is 5.26. The van der Waals surface area contributed by atoms with E-state index in [0.717, 1.165) is 30.5 Å². The van der Waals surface area contributed by atoms with Gasteiger partial charge in [0.05, 0.1) is 18.2 Å². The van der Waals surface area contributed by atoms with Crippen molar-refractivity contribution in [2.45, 2.75) is 25.9 Å². The van der Waals surface area contributed by atoms with Gasteiger partial charge in [-0.15, -0.1) is 5.10 Å². The molecule has 1 fully saturated rings. The SMILES string of the molecule is c1coc(Cn2cc(CNCC3CC3)nn2)c1. The molecule has 0 spiro atoms. The molecule has 1 aliphatic rings. The molecule has 0 amide bonds. The van der Waals surface area contributed by atoms with Crippen LogP contribution in [-0.2, 0) is 13.1 Å². The van der Waals surface area contributed by atoms with Crippen LogP contribution in [0, 0.1) is 5.92 Å². The molecule has 0 atom stereocenters. The lowest BCUT2D eigenvalue weighted by Gasteiger charge is -1.98. The quantitative estimate of drug-likeness (QED) is 0.818. The molecule has 2 aromatic heterocycles. The maximum absolute atomic E-state index is 5.26. The van der Waals surface area contributed by atoms with Crippen LogP contribution in [-0.4, -0.2) is 21.5 Å². The minimum Gasteiger partial charge on any atom is -0.467 e. The Kier molecular flexibility index (Phi) is 2.92. The summed E-state index contributed by atoms with van der Waals surface area (Å²) < 4.78 is 7.06. The fraction of sp³-hybridized carbons (Fsp3) is 0.500. The summed E-state index contributed by atoms with van der Waals surface area (Å²) >= 11 is 0. The van der Waals surface area contributed by atoms with Crippen molar-refractivity contribution in [1.82, 2.24) is 20.3 Å². The van der Waals surface area contributed by atoms with Gasteiger partial charge in [0.15, 0.2) is 0 Å². The van der Waals surface area contributed by atoms with Gasteiger partial charge in [-0.1, -0.05) is 5.21 Å². The van der Waals surface area contributed by atoms with Crippen LogP contribution >= 0.6 is 0 Å². The molecule has 1 saturated carbocycles. The highest BCUT2D eigenvalue weighted by Gasteiger charge is 2.20. The average molecular weight is 232 g/mol. The molecule has 2 heterocycles. The first kappa shape index (κ1) is 10.5. The van der Waals surface area contributed by atoms with Crippen LogP contribution in [0.4, 0.5) is 0 Å². The van der Waals surface area contributed by atoms with Crippen molar-refractivity contribution in [3.05, 3.63) is 36.0 Å². The number of hydrogen-bond donors (Lipinski definition) is 1. The van der Waals surface area contributed by atoms with Crippen molar-refractivity contribution in [3.63, 3.8) is 0 Å². The Labute approximate surface area is 99.8 Å². The molecule has 5 heteroatoms. The van der Waals surface area contributed by atoms with E-state index in [1.54, 1.807) is 10.9 Å². The minimum absolute atomic E-state index is 0.641. The number of rotatable bonds is 6. The predicted molar refractivity (Wildman–Crippen MR) is 62.3 cm³/mol. The van der Waals surface area contributed by atoms with Gasteiger partial charge >= 0.3 is 0 Å². The van der Waals surface area contributed by atoms with Crippen LogP contribution in [0.25, 0.3) is 0 Å². The number of furan rings is 1. The van der Waals surface area contributed by atoms with Gasteiger partial charge in [-0.2, -0.15) is 0 Å². The van der Waals surface area contributed by atoms with Gasteiger partial charge in [-0.05, 0) is 37.4 Å². The van der Waals surface area contributed by atoms with Crippen LogP contribution in [0.1, 0.15) is 24.3 Å². The summed E-state index contributed by atoms with van der Waals surface area (Å²) in [6, 6.07) is 3.82. The Morgan fingerprint density at radius 2 is 2.41 bits per heavy atom. The molecular formula is C12H16N4O. The summed E-state index contributed by atoms with van der Waals surface area (Å²) in [6.45, 7) is 2.54. The maximum Gasteiger partial charge on any atom is 0.125 e. The lowest BCUT2D eigenvalue weighted by atomic mass is 10.4. The summed E-state index contributed by atoms with van der Waals surface area (Å²) in [5.74, 6) is 1.79. The van der Waals surface area contributed by atoms with Crippen LogP contribution < -0.4 is 5.32 Å². The summed E-state index contributed by atoms with van der Waals surface area (Å²) in [5, 5.41) is 11.6. The summed E-state index contributed by atoms with van der Waals surface area (Å²) in [7, 11) is 0. The summed E-state index contributed by atoms with van der Waals surface area (Å²) in [4.78, 5) is 0. The summed E-state index contributed by atoms with van der Waals surface area (Å²) in [6.07, 6.45) is 6.38. The molecule has 0 unspecified atom stereocenters. The second-order valence-corrected chi connectivity index (χ2v) is 4.56. The smallest absolute Gasteiger partial charge is 0.125 e. The van der Waals surface area contributed by atoms with Crippen molar-refractivity contribution in [2.24, 2.45) is 5.92 Å². The molecule has 17 heavy (non-hydrogen) atoms. The first-order valence-electron chi connectivity index (χ1n) is 6.02. The van der Waals surface area contributed by atoms with Gasteiger partial charge in [-0.3, -0.25) is 0 Å². The molecule has 0 aliphatic heterocycles. The zero-order valence-corrected chi connectivity index (χ0v) is 9.67. The van der Waals surface area contributed by atoms with Crippen LogP contribution in [0.2, 0.25) is 0 Å². The molecule has 0 bridgehead atoms. The van der Waals surface area contributed by atoms with E-state index in [2.05, 4.69) is 15.6 Å². The topological polar surface area (TPSA) is 55.9 Å². The van der Waals surface area contributed by atoms with Gasteiger partial charge in [0, 0.05) is 6.54 Å². The number of hydrogen-bond acceptors (Lipinski definition) is 4. The molecule has 90 valence electrons. The average Bonchev–Trinajstić information content (AvgIpc) is 2.83. The van der Waals surface area contributed by atoms with Crippen molar-refractivity contribution in [1.29, 1.82) is 0 Å². The highest BCUT2D eigenvalue weighted by Crippen LogP contribution is 2.27. The van der Waals surface area contributed by atoms with Crippen molar-refractivity contribution in [2.75, 3.05) is 6.54 Å². The Hall–Kier alpha value is -1.62. The third kappa shape index (κ3) is 2.94. The van der Waals surface area contributed by atoms with Gasteiger partial charge in [-0.25, -0.2) is 4.68 Å². The third-order valence-corrected chi connectivity index (χ3v) is 2.92. The summed E-state index contributed by atoms with van der Waals surface area (Å²) in [5.41, 5.74) is 0.984. The van der Waals surface area contributed by atoms with Crippen molar-refractivity contribution in [3.8, 4) is 0 Å². The van der Waals surface area contributed by atoms with Crippen LogP contribution in [0.15, 0.2) is 29.0 Å². The molecule has 0 aromatic carbocycles. The monoisotopic (exact) mass is 232 g/mol. The molecule has 5 nitrogen and oxygen atoms in total. The second-order valence-electron chi connectivity index (χ2n) is 4.56. The standard InChI is InChI=1S/C12H16N4O/c1-2-12(17-5-1)9-16-8-11(14-15-16)7-13-6-10-3-4-10/h1-2,5,8,10,13H,3-4,6-7,9H2. The van der Waals surface area contributed by atoms with Crippen LogP contribution in [0.3, 0.4) is 0 Å². The highest BCUT2D eigenvalue weighted by atomic mass is 16.3. The largest absolute Gasteiger partial charge is 0.467 e. The van der Waals surface area contributed by atoms with E-state index in [0.29, 0.717) is 6.54 Å². The van der Waals surface area contributed by atoms with E-state index < -0.39 is 0 Å². The number of nitrogens with one attached hydrogen (secondary N) is 1. The van der Waals surface area contributed by atoms with E-state index >= 15 is 0 Å². The predicted octanol–water partition coefficient (Wildman–Crippen LogP) is 1.42. The first-order valence-corrected chi connectivity index (χ1v) is 6.02. The normalized spacial score (nSPS) is 15.3. The van der Waals surface area contributed by atoms with Crippen molar-refractivity contribution < 1.29 is 4.42 Å². The molecule has 1 N–H and O–H groups in total. The van der Waals surface area contributed by atoms with Gasteiger partial charge in [0.25, 0.3) is 0 Å². The van der Waals surface area contributed by atoms with Gasteiger partial charge in [0.2, 0.25) is 0 Å². The molecule has 2 aromatic rings. The fourth-order valence-electron chi connectivity index (χ4n) is 1.79. The van der Waals surface area contributed by atoms with E-state index in [1.807, 2.05) is 18.3 Å². The minimum atomic E-state index is 0.641. The molecule has 3 rings (SSSR count). The Morgan fingerprint density at radius 3 is 3.18 bits per heavy atom. The molecule has 1 aliphatic carbocycles. The van der Waals surface area contributed by atoms with E-state index in [9.17, 15) is 0 Å². The van der Waals surface area contributed by atoms with Crippen LogP contribution in [0.5, 0.6) is 0 Å². The molecule has 0 radical (unpaired) electrons. The van der Waals surface area contributed by atoms with E-state index in [-0.39, 0.29) is 0 Å².